The average Bonchev–Trinajstić information content (AvgIpc) is 3.48. The summed E-state index contributed by atoms with van der Waals surface area (Å²) in [4.78, 5) is 13.1. The van der Waals surface area contributed by atoms with E-state index in [1.54, 1.807) is 18.2 Å². The summed E-state index contributed by atoms with van der Waals surface area (Å²) in [6.45, 7) is 0. The zero-order chi connectivity index (χ0) is 20.3. The maximum Gasteiger partial charge on any atom is 0.252 e. The highest BCUT2D eigenvalue weighted by Gasteiger charge is 2.22. The van der Waals surface area contributed by atoms with Gasteiger partial charge in [0.15, 0.2) is 0 Å². The lowest BCUT2D eigenvalue weighted by atomic mass is 10.0. The second-order valence-electron chi connectivity index (χ2n) is 6.81. The van der Waals surface area contributed by atoms with E-state index < -0.39 is 6.04 Å². The Bertz CT molecular complexity index is 1260. The summed E-state index contributed by atoms with van der Waals surface area (Å²) in [7, 11) is 0. The fourth-order valence-electron chi connectivity index (χ4n) is 3.39. The van der Waals surface area contributed by atoms with E-state index in [2.05, 4.69) is 20.8 Å². The van der Waals surface area contributed by atoms with Gasteiger partial charge in [0.25, 0.3) is 5.91 Å². The SMILES string of the molecule is O=C(NC(c1ccccc1)c1cc2ccccc2o1)c1cccc(-n2cnnn2)c1. The van der Waals surface area contributed by atoms with E-state index in [0.29, 0.717) is 17.0 Å². The van der Waals surface area contributed by atoms with Crippen LogP contribution in [0.3, 0.4) is 0 Å². The maximum atomic E-state index is 13.1. The lowest BCUT2D eigenvalue weighted by Gasteiger charge is -2.17. The van der Waals surface area contributed by atoms with Crippen LogP contribution in [0.4, 0.5) is 0 Å². The van der Waals surface area contributed by atoms with Gasteiger partial charge >= 0.3 is 0 Å². The van der Waals surface area contributed by atoms with E-state index in [-0.39, 0.29) is 5.91 Å². The lowest BCUT2D eigenvalue weighted by molar-refractivity contribution is 0.0939. The van der Waals surface area contributed by atoms with Crippen molar-refractivity contribution in [3.63, 3.8) is 0 Å². The summed E-state index contributed by atoms with van der Waals surface area (Å²) in [5, 5.41) is 15.3. The molecule has 0 fully saturated rings. The summed E-state index contributed by atoms with van der Waals surface area (Å²) < 4.78 is 7.56. The highest BCUT2D eigenvalue weighted by Crippen LogP contribution is 2.28. The number of hydrogen-bond acceptors (Lipinski definition) is 5. The first-order valence-corrected chi connectivity index (χ1v) is 9.46. The largest absolute Gasteiger partial charge is 0.459 e. The molecule has 0 aliphatic rings. The third-order valence-electron chi connectivity index (χ3n) is 4.86. The first-order valence-electron chi connectivity index (χ1n) is 9.46. The molecule has 5 aromatic rings. The number of amides is 1. The van der Waals surface area contributed by atoms with Crippen molar-refractivity contribution in [2.75, 3.05) is 0 Å². The van der Waals surface area contributed by atoms with Crippen LogP contribution in [-0.2, 0) is 0 Å². The molecule has 146 valence electrons. The lowest BCUT2D eigenvalue weighted by Crippen LogP contribution is -2.29. The van der Waals surface area contributed by atoms with Crippen molar-refractivity contribution in [2.45, 2.75) is 6.04 Å². The molecule has 0 bridgehead atoms. The molecule has 3 aromatic carbocycles. The summed E-state index contributed by atoms with van der Waals surface area (Å²) in [6, 6.07) is 26.2. The zero-order valence-electron chi connectivity index (χ0n) is 15.8. The van der Waals surface area contributed by atoms with E-state index in [1.807, 2.05) is 66.7 Å². The molecule has 1 N–H and O–H groups in total. The number of aromatic nitrogens is 4. The quantitative estimate of drug-likeness (QED) is 0.487. The number of benzene rings is 3. The van der Waals surface area contributed by atoms with Crippen LogP contribution in [0.25, 0.3) is 16.7 Å². The molecular weight excluding hydrogens is 378 g/mol. The van der Waals surface area contributed by atoms with Gasteiger partial charge in [-0.25, -0.2) is 4.68 Å². The standard InChI is InChI=1S/C23H17N5O2/c29-23(18-10-6-11-19(13-18)28-15-24-26-27-28)25-22(16-7-2-1-3-8-16)21-14-17-9-4-5-12-20(17)30-21/h1-15,22H,(H,25,29). The Balaban J connectivity index is 1.50. The smallest absolute Gasteiger partial charge is 0.252 e. The van der Waals surface area contributed by atoms with Crippen LogP contribution < -0.4 is 5.32 Å². The van der Waals surface area contributed by atoms with E-state index in [0.717, 1.165) is 16.5 Å². The topological polar surface area (TPSA) is 85.8 Å². The second kappa shape index (κ2) is 7.63. The molecule has 0 aliphatic heterocycles. The number of nitrogens with one attached hydrogen (secondary N) is 1. The molecule has 5 rings (SSSR count). The molecular formula is C23H17N5O2. The molecule has 1 atom stereocenters. The van der Waals surface area contributed by atoms with E-state index in [1.165, 1.54) is 11.0 Å². The van der Waals surface area contributed by atoms with Crippen LogP contribution in [-0.4, -0.2) is 26.1 Å². The zero-order valence-corrected chi connectivity index (χ0v) is 15.8. The number of nitrogens with zero attached hydrogens (tertiary/aromatic N) is 4. The van der Waals surface area contributed by atoms with Gasteiger partial charge in [-0.2, -0.15) is 0 Å². The highest BCUT2D eigenvalue weighted by atomic mass is 16.3. The van der Waals surface area contributed by atoms with Gasteiger partial charge in [-0.15, -0.1) is 5.10 Å². The molecule has 7 nitrogen and oxygen atoms in total. The fourth-order valence-corrected chi connectivity index (χ4v) is 3.39. The van der Waals surface area contributed by atoms with Crippen LogP contribution in [0.2, 0.25) is 0 Å². The first kappa shape index (κ1) is 17.8. The Labute approximate surface area is 172 Å². The molecule has 2 heterocycles. The Hall–Kier alpha value is -4.26. The molecule has 0 saturated heterocycles. The Morgan fingerprint density at radius 1 is 0.933 bits per heavy atom. The number of furan rings is 1. The van der Waals surface area contributed by atoms with Crippen molar-refractivity contribution in [3.05, 3.63) is 108 Å². The minimum absolute atomic E-state index is 0.223. The predicted octanol–water partition coefficient (Wildman–Crippen LogP) is 3.93. The van der Waals surface area contributed by atoms with Crippen molar-refractivity contribution >= 4 is 16.9 Å². The van der Waals surface area contributed by atoms with Crippen LogP contribution in [0, 0.1) is 0 Å². The molecule has 0 saturated carbocycles. The van der Waals surface area contributed by atoms with Crippen LogP contribution in [0.1, 0.15) is 27.7 Å². The van der Waals surface area contributed by atoms with Crippen LogP contribution >= 0.6 is 0 Å². The summed E-state index contributed by atoms with van der Waals surface area (Å²) in [5.41, 5.74) is 2.91. The van der Waals surface area contributed by atoms with Gasteiger partial charge in [0, 0.05) is 10.9 Å². The molecule has 0 aliphatic carbocycles. The molecule has 30 heavy (non-hydrogen) atoms. The summed E-state index contributed by atoms with van der Waals surface area (Å²) in [6.07, 6.45) is 1.48. The number of fused-ring (bicyclic) bond motifs is 1. The minimum atomic E-state index is -0.428. The predicted molar refractivity (Wildman–Crippen MR) is 111 cm³/mol. The molecule has 1 unspecified atom stereocenters. The van der Waals surface area contributed by atoms with Crippen LogP contribution in [0.15, 0.2) is 95.7 Å². The van der Waals surface area contributed by atoms with Crippen molar-refractivity contribution in [3.8, 4) is 5.69 Å². The maximum absolute atomic E-state index is 13.1. The summed E-state index contributed by atoms with van der Waals surface area (Å²) in [5.74, 6) is 0.451. The molecule has 2 aromatic heterocycles. The Kier molecular flexibility index (Phi) is 4.53. The number of tetrazole rings is 1. The van der Waals surface area contributed by atoms with Gasteiger partial charge < -0.3 is 9.73 Å². The molecule has 0 spiro atoms. The Morgan fingerprint density at radius 2 is 1.77 bits per heavy atom. The molecule has 1 amide bonds. The van der Waals surface area contributed by atoms with Crippen molar-refractivity contribution < 1.29 is 9.21 Å². The average molecular weight is 395 g/mol. The van der Waals surface area contributed by atoms with Crippen molar-refractivity contribution in [2.24, 2.45) is 0 Å². The van der Waals surface area contributed by atoms with E-state index >= 15 is 0 Å². The third kappa shape index (κ3) is 3.44. The first-order chi connectivity index (χ1) is 14.8. The molecule has 7 heteroatoms. The van der Waals surface area contributed by atoms with Gasteiger partial charge in [0.05, 0.1) is 5.69 Å². The highest BCUT2D eigenvalue weighted by molar-refractivity contribution is 5.95. The van der Waals surface area contributed by atoms with Gasteiger partial charge in [0.2, 0.25) is 0 Å². The van der Waals surface area contributed by atoms with Gasteiger partial charge in [-0.3, -0.25) is 4.79 Å². The van der Waals surface area contributed by atoms with Crippen molar-refractivity contribution in [1.82, 2.24) is 25.5 Å². The van der Waals surface area contributed by atoms with Gasteiger partial charge in [-0.1, -0.05) is 54.6 Å². The van der Waals surface area contributed by atoms with E-state index in [9.17, 15) is 4.79 Å². The number of carbonyl (C=O) groups excluding carboxylic acids is 1. The summed E-state index contributed by atoms with van der Waals surface area (Å²) >= 11 is 0. The molecule has 0 radical (unpaired) electrons. The monoisotopic (exact) mass is 395 g/mol. The van der Waals surface area contributed by atoms with E-state index in [4.69, 9.17) is 4.42 Å². The van der Waals surface area contributed by atoms with Crippen molar-refractivity contribution in [1.29, 1.82) is 0 Å². The fraction of sp³-hybridized carbons (Fsp3) is 0.0435. The third-order valence-corrected chi connectivity index (χ3v) is 4.86. The Morgan fingerprint density at radius 3 is 2.57 bits per heavy atom. The van der Waals surface area contributed by atoms with Crippen LogP contribution in [0.5, 0.6) is 0 Å². The number of rotatable bonds is 5. The number of para-hydroxylation sites is 1. The van der Waals surface area contributed by atoms with Gasteiger partial charge in [0.1, 0.15) is 23.7 Å². The van der Waals surface area contributed by atoms with Gasteiger partial charge in [-0.05, 0) is 46.3 Å². The second-order valence-corrected chi connectivity index (χ2v) is 6.81. The normalized spacial score (nSPS) is 12.0. The minimum Gasteiger partial charge on any atom is -0.459 e. The number of carbonyl (C=O) groups is 1. The number of hydrogen-bond donors (Lipinski definition) is 1.